The molecule has 0 aliphatic heterocycles. The van der Waals surface area contributed by atoms with Crippen molar-refractivity contribution in [1.29, 1.82) is 0 Å². The lowest BCUT2D eigenvalue weighted by atomic mass is 10.1. The van der Waals surface area contributed by atoms with Gasteiger partial charge in [-0.15, -0.1) is 0 Å². The number of aromatic nitrogens is 1. The summed E-state index contributed by atoms with van der Waals surface area (Å²) in [4.78, 5) is 15.2. The summed E-state index contributed by atoms with van der Waals surface area (Å²) in [5.41, 5.74) is 0.975. The summed E-state index contributed by atoms with van der Waals surface area (Å²) >= 11 is 0. The predicted octanol–water partition coefficient (Wildman–Crippen LogP) is 2.38. The first kappa shape index (κ1) is 12.5. The molecule has 0 amide bonds. The second kappa shape index (κ2) is 5.49. The molecule has 1 aromatic heterocycles. The fraction of sp³-hybridized carbons (Fsp3) is 0.500. The molecule has 0 aliphatic carbocycles. The van der Waals surface area contributed by atoms with Gasteiger partial charge in [-0.1, -0.05) is 13.8 Å². The number of ether oxygens (including phenoxy) is 1. The van der Waals surface area contributed by atoms with Crippen LogP contribution in [-0.4, -0.2) is 22.7 Å². The van der Waals surface area contributed by atoms with Gasteiger partial charge in [-0.05, 0) is 25.3 Å². The van der Waals surface area contributed by atoms with E-state index in [-0.39, 0.29) is 5.56 Å². The maximum atomic E-state index is 11.0. The number of carboxylic acid groups (broad SMARTS) is 1. The van der Waals surface area contributed by atoms with E-state index in [9.17, 15) is 4.79 Å². The maximum absolute atomic E-state index is 11.0. The summed E-state index contributed by atoms with van der Waals surface area (Å²) < 4.78 is 5.21. The summed E-state index contributed by atoms with van der Waals surface area (Å²) in [6, 6.07) is 1.59. The fourth-order valence-corrected chi connectivity index (χ4v) is 1.45. The molecule has 1 aromatic rings. The third-order valence-corrected chi connectivity index (χ3v) is 2.07. The first-order valence-corrected chi connectivity index (χ1v) is 5.39. The second-order valence-electron chi connectivity index (χ2n) is 4.01. The average molecular weight is 223 g/mol. The van der Waals surface area contributed by atoms with E-state index in [0.29, 0.717) is 18.3 Å². The van der Waals surface area contributed by atoms with Crippen LogP contribution in [0, 0.1) is 5.92 Å². The number of carboxylic acids is 1. The predicted molar refractivity (Wildman–Crippen MR) is 60.9 cm³/mol. The molecule has 1 rings (SSSR count). The smallest absolute Gasteiger partial charge is 0.339 e. The standard InChI is InChI=1S/C12H17NO3/c1-4-16-11-7-13-9(5-8(2)3)6-10(11)12(14)15/h6-8H,4-5H2,1-3H3,(H,14,15). The van der Waals surface area contributed by atoms with Gasteiger partial charge in [-0.2, -0.15) is 0 Å². The van der Waals surface area contributed by atoms with E-state index in [1.54, 1.807) is 6.07 Å². The molecule has 88 valence electrons. The van der Waals surface area contributed by atoms with E-state index in [0.717, 1.165) is 12.1 Å². The monoisotopic (exact) mass is 223 g/mol. The SMILES string of the molecule is CCOc1cnc(CC(C)C)cc1C(=O)O. The van der Waals surface area contributed by atoms with Gasteiger partial charge in [0, 0.05) is 5.69 Å². The number of pyridine rings is 1. The van der Waals surface area contributed by atoms with E-state index in [1.807, 2.05) is 6.92 Å². The molecular formula is C12H17NO3. The molecule has 4 nitrogen and oxygen atoms in total. The summed E-state index contributed by atoms with van der Waals surface area (Å²) in [6.07, 6.45) is 2.26. The van der Waals surface area contributed by atoms with Crippen molar-refractivity contribution in [2.75, 3.05) is 6.61 Å². The van der Waals surface area contributed by atoms with Crippen molar-refractivity contribution < 1.29 is 14.6 Å². The molecule has 4 heteroatoms. The zero-order chi connectivity index (χ0) is 12.1. The molecule has 0 saturated heterocycles. The van der Waals surface area contributed by atoms with Gasteiger partial charge in [0.05, 0.1) is 12.8 Å². The lowest BCUT2D eigenvalue weighted by Gasteiger charge is -2.09. The first-order valence-electron chi connectivity index (χ1n) is 5.39. The van der Waals surface area contributed by atoms with Crippen molar-refractivity contribution in [3.8, 4) is 5.75 Å². The van der Waals surface area contributed by atoms with E-state index < -0.39 is 5.97 Å². The van der Waals surface area contributed by atoms with Gasteiger partial charge in [-0.25, -0.2) is 4.79 Å². The number of rotatable bonds is 5. The van der Waals surface area contributed by atoms with Crippen LogP contribution in [0.1, 0.15) is 36.8 Å². The molecular weight excluding hydrogens is 206 g/mol. The van der Waals surface area contributed by atoms with Gasteiger partial charge in [0.2, 0.25) is 0 Å². The van der Waals surface area contributed by atoms with Gasteiger partial charge in [0.15, 0.2) is 5.75 Å². The van der Waals surface area contributed by atoms with Crippen LogP contribution in [0.3, 0.4) is 0 Å². The molecule has 0 atom stereocenters. The van der Waals surface area contributed by atoms with Crippen LogP contribution in [0.4, 0.5) is 0 Å². The Morgan fingerprint density at radius 2 is 2.25 bits per heavy atom. The molecule has 1 heterocycles. The number of aromatic carboxylic acids is 1. The molecule has 0 radical (unpaired) electrons. The minimum Gasteiger partial charge on any atom is -0.491 e. The Morgan fingerprint density at radius 1 is 1.56 bits per heavy atom. The van der Waals surface area contributed by atoms with Crippen LogP contribution in [0.2, 0.25) is 0 Å². The molecule has 0 aliphatic rings. The van der Waals surface area contributed by atoms with E-state index >= 15 is 0 Å². The van der Waals surface area contributed by atoms with E-state index in [4.69, 9.17) is 9.84 Å². The van der Waals surface area contributed by atoms with Crippen LogP contribution in [0.25, 0.3) is 0 Å². The average Bonchev–Trinajstić information content (AvgIpc) is 2.19. The third-order valence-electron chi connectivity index (χ3n) is 2.07. The van der Waals surface area contributed by atoms with E-state index in [2.05, 4.69) is 18.8 Å². The van der Waals surface area contributed by atoms with Crippen molar-refractivity contribution in [2.45, 2.75) is 27.2 Å². The van der Waals surface area contributed by atoms with Crippen molar-refractivity contribution in [1.82, 2.24) is 4.98 Å². The summed E-state index contributed by atoms with van der Waals surface area (Å²) in [6.45, 7) is 6.39. The summed E-state index contributed by atoms with van der Waals surface area (Å²) in [7, 11) is 0. The molecule has 16 heavy (non-hydrogen) atoms. The topological polar surface area (TPSA) is 59.4 Å². The van der Waals surface area contributed by atoms with Gasteiger partial charge in [-0.3, -0.25) is 4.98 Å². The zero-order valence-corrected chi connectivity index (χ0v) is 9.86. The minimum absolute atomic E-state index is 0.188. The molecule has 0 spiro atoms. The Morgan fingerprint density at radius 3 is 2.75 bits per heavy atom. The van der Waals surface area contributed by atoms with Gasteiger partial charge < -0.3 is 9.84 Å². The number of carbonyl (C=O) groups is 1. The highest BCUT2D eigenvalue weighted by atomic mass is 16.5. The first-order chi connectivity index (χ1) is 7.54. The van der Waals surface area contributed by atoms with Gasteiger partial charge in [0.1, 0.15) is 5.56 Å². The fourth-order valence-electron chi connectivity index (χ4n) is 1.45. The second-order valence-corrected chi connectivity index (χ2v) is 4.01. The van der Waals surface area contributed by atoms with E-state index in [1.165, 1.54) is 6.20 Å². The van der Waals surface area contributed by atoms with Gasteiger partial charge in [0.25, 0.3) is 0 Å². The maximum Gasteiger partial charge on any atom is 0.339 e. The largest absolute Gasteiger partial charge is 0.491 e. The molecule has 0 unspecified atom stereocenters. The Hall–Kier alpha value is -1.58. The lowest BCUT2D eigenvalue weighted by Crippen LogP contribution is -2.06. The highest BCUT2D eigenvalue weighted by molar-refractivity contribution is 5.90. The van der Waals surface area contributed by atoms with Crippen LogP contribution in [0.15, 0.2) is 12.3 Å². The minimum atomic E-state index is -0.976. The quantitative estimate of drug-likeness (QED) is 0.832. The number of hydrogen-bond donors (Lipinski definition) is 1. The number of nitrogens with zero attached hydrogens (tertiary/aromatic N) is 1. The Labute approximate surface area is 95.3 Å². The molecule has 0 fully saturated rings. The van der Waals surface area contributed by atoms with Crippen molar-refractivity contribution in [3.63, 3.8) is 0 Å². The third kappa shape index (κ3) is 3.22. The van der Waals surface area contributed by atoms with Crippen molar-refractivity contribution in [2.24, 2.45) is 5.92 Å². The highest BCUT2D eigenvalue weighted by Crippen LogP contribution is 2.19. The summed E-state index contributed by atoms with van der Waals surface area (Å²) in [5.74, 6) is -0.189. The highest BCUT2D eigenvalue weighted by Gasteiger charge is 2.13. The summed E-state index contributed by atoms with van der Waals surface area (Å²) in [5, 5.41) is 9.04. The number of hydrogen-bond acceptors (Lipinski definition) is 3. The molecule has 0 aromatic carbocycles. The Bertz CT molecular complexity index is 375. The van der Waals surface area contributed by atoms with Crippen LogP contribution < -0.4 is 4.74 Å². The lowest BCUT2D eigenvalue weighted by molar-refractivity contribution is 0.0692. The van der Waals surface area contributed by atoms with Gasteiger partial charge >= 0.3 is 5.97 Å². The van der Waals surface area contributed by atoms with Crippen molar-refractivity contribution >= 4 is 5.97 Å². The van der Waals surface area contributed by atoms with Crippen LogP contribution in [-0.2, 0) is 6.42 Å². The Kier molecular flexibility index (Phi) is 4.28. The van der Waals surface area contributed by atoms with Crippen LogP contribution >= 0.6 is 0 Å². The normalized spacial score (nSPS) is 10.5. The Balaban J connectivity index is 3.02. The molecule has 0 saturated carbocycles. The van der Waals surface area contributed by atoms with Crippen molar-refractivity contribution in [3.05, 3.63) is 23.5 Å². The van der Waals surface area contributed by atoms with Crippen LogP contribution in [0.5, 0.6) is 5.75 Å². The zero-order valence-electron chi connectivity index (χ0n) is 9.86. The molecule has 1 N–H and O–H groups in total. The molecule has 0 bridgehead atoms.